The summed E-state index contributed by atoms with van der Waals surface area (Å²) in [4.78, 5) is 32.5. The standard InChI is InChI=1S/C19H19N3O3S2/c1-3-25-18(24)9-13-10-27-19(20-13)22-16(23)11-26-17-8-12(2)14-6-4-5-7-15(14)21-17/h4-8,10H,3,9,11H2,1-2H3,(H,20,22,23). The number of ether oxygens (including phenoxy) is 1. The quantitative estimate of drug-likeness (QED) is 0.479. The van der Waals surface area contributed by atoms with E-state index in [0.717, 1.165) is 21.5 Å². The van der Waals surface area contributed by atoms with Crippen molar-refractivity contribution < 1.29 is 14.3 Å². The summed E-state index contributed by atoms with van der Waals surface area (Å²) >= 11 is 2.67. The summed E-state index contributed by atoms with van der Waals surface area (Å²) in [5, 5.41) is 6.90. The molecule has 6 nitrogen and oxygen atoms in total. The Kier molecular flexibility index (Phi) is 6.41. The van der Waals surface area contributed by atoms with E-state index in [1.54, 1.807) is 12.3 Å². The summed E-state index contributed by atoms with van der Waals surface area (Å²) in [6, 6.07) is 9.93. The van der Waals surface area contributed by atoms with Crippen molar-refractivity contribution in [3.8, 4) is 0 Å². The van der Waals surface area contributed by atoms with Gasteiger partial charge in [0, 0.05) is 10.8 Å². The smallest absolute Gasteiger partial charge is 0.311 e. The normalized spacial score (nSPS) is 10.7. The van der Waals surface area contributed by atoms with E-state index < -0.39 is 0 Å². The minimum Gasteiger partial charge on any atom is -0.466 e. The minimum atomic E-state index is -0.325. The van der Waals surface area contributed by atoms with Crippen LogP contribution in [0.1, 0.15) is 18.2 Å². The highest BCUT2D eigenvalue weighted by molar-refractivity contribution is 7.99. The molecule has 0 unspecified atom stereocenters. The van der Waals surface area contributed by atoms with E-state index >= 15 is 0 Å². The van der Waals surface area contributed by atoms with Crippen LogP contribution in [0.5, 0.6) is 0 Å². The number of anilines is 1. The van der Waals surface area contributed by atoms with Crippen molar-refractivity contribution in [3.05, 3.63) is 47.0 Å². The molecular weight excluding hydrogens is 382 g/mol. The summed E-state index contributed by atoms with van der Waals surface area (Å²) in [7, 11) is 0. The summed E-state index contributed by atoms with van der Waals surface area (Å²) in [5.41, 5.74) is 2.64. The van der Waals surface area contributed by atoms with Crippen LogP contribution in [-0.2, 0) is 20.7 Å². The first-order chi connectivity index (χ1) is 13.0. The van der Waals surface area contributed by atoms with Crippen LogP contribution in [0.3, 0.4) is 0 Å². The summed E-state index contributed by atoms with van der Waals surface area (Å²) in [6.07, 6.45) is 0.106. The third-order valence-electron chi connectivity index (χ3n) is 3.68. The fourth-order valence-corrected chi connectivity index (χ4v) is 3.99. The van der Waals surface area contributed by atoms with Crippen molar-refractivity contribution in [1.82, 2.24) is 9.97 Å². The van der Waals surface area contributed by atoms with Gasteiger partial charge >= 0.3 is 5.97 Å². The number of carbonyl (C=O) groups excluding carboxylic acids is 2. The fourth-order valence-electron chi connectivity index (χ4n) is 2.49. The Morgan fingerprint density at radius 1 is 1.26 bits per heavy atom. The molecule has 1 aromatic carbocycles. The number of rotatable bonds is 7. The van der Waals surface area contributed by atoms with E-state index in [1.807, 2.05) is 37.3 Å². The second-order valence-electron chi connectivity index (χ2n) is 5.76. The predicted molar refractivity (Wildman–Crippen MR) is 108 cm³/mol. The number of para-hydroxylation sites is 1. The number of benzene rings is 1. The van der Waals surface area contributed by atoms with Crippen molar-refractivity contribution in [3.63, 3.8) is 0 Å². The molecule has 0 fully saturated rings. The van der Waals surface area contributed by atoms with Crippen LogP contribution in [0.15, 0.2) is 40.7 Å². The number of nitrogens with zero attached hydrogens (tertiary/aromatic N) is 2. The summed E-state index contributed by atoms with van der Waals surface area (Å²) in [5.74, 6) is -0.254. The lowest BCUT2D eigenvalue weighted by atomic mass is 10.1. The Labute approximate surface area is 165 Å². The number of aromatic nitrogens is 2. The zero-order chi connectivity index (χ0) is 19.2. The number of pyridine rings is 1. The average molecular weight is 402 g/mol. The minimum absolute atomic E-state index is 0.106. The molecule has 0 saturated heterocycles. The molecule has 0 bridgehead atoms. The maximum Gasteiger partial charge on any atom is 0.311 e. The van der Waals surface area contributed by atoms with Gasteiger partial charge in [0.2, 0.25) is 5.91 Å². The molecule has 140 valence electrons. The number of carbonyl (C=O) groups is 2. The second kappa shape index (κ2) is 8.96. The first-order valence-electron chi connectivity index (χ1n) is 8.44. The zero-order valence-electron chi connectivity index (χ0n) is 15.0. The molecule has 1 N–H and O–H groups in total. The first-order valence-corrected chi connectivity index (χ1v) is 10.3. The van der Waals surface area contributed by atoms with Crippen LogP contribution >= 0.6 is 23.1 Å². The van der Waals surface area contributed by atoms with Crippen molar-refractivity contribution in [2.75, 3.05) is 17.7 Å². The highest BCUT2D eigenvalue weighted by Crippen LogP contribution is 2.24. The molecule has 8 heteroatoms. The van der Waals surface area contributed by atoms with E-state index in [9.17, 15) is 9.59 Å². The van der Waals surface area contributed by atoms with E-state index in [4.69, 9.17) is 4.74 Å². The van der Waals surface area contributed by atoms with Gasteiger partial charge in [-0.25, -0.2) is 9.97 Å². The van der Waals surface area contributed by atoms with Gasteiger partial charge in [-0.05, 0) is 31.5 Å². The molecule has 0 aliphatic rings. The molecule has 0 saturated carbocycles. The summed E-state index contributed by atoms with van der Waals surface area (Å²) in [6.45, 7) is 4.13. The Morgan fingerprint density at radius 2 is 2.07 bits per heavy atom. The third-order valence-corrected chi connectivity index (χ3v) is 5.40. The molecular formula is C19H19N3O3S2. The second-order valence-corrected chi connectivity index (χ2v) is 7.61. The van der Waals surface area contributed by atoms with Crippen LogP contribution in [0, 0.1) is 6.92 Å². The third kappa shape index (κ3) is 5.27. The molecule has 0 spiro atoms. The number of hydrogen-bond acceptors (Lipinski definition) is 7. The van der Waals surface area contributed by atoms with Crippen molar-refractivity contribution >= 4 is 51.0 Å². The highest BCUT2D eigenvalue weighted by Gasteiger charge is 2.11. The molecule has 27 heavy (non-hydrogen) atoms. The lowest BCUT2D eigenvalue weighted by Crippen LogP contribution is -2.14. The molecule has 2 aromatic heterocycles. The number of nitrogens with one attached hydrogen (secondary N) is 1. The van der Waals surface area contributed by atoms with Gasteiger partial charge in [-0.15, -0.1) is 11.3 Å². The van der Waals surface area contributed by atoms with Crippen LogP contribution in [-0.4, -0.2) is 34.2 Å². The van der Waals surface area contributed by atoms with Gasteiger partial charge in [0.05, 0.1) is 35.0 Å². The van der Waals surface area contributed by atoms with Gasteiger partial charge in [0.1, 0.15) is 0 Å². The summed E-state index contributed by atoms with van der Waals surface area (Å²) < 4.78 is 4.89. The van der Waals surface area contributed by atoms with Gasteiger partial charge in [-0.3, -0.25) is 9.59 Å². The number of esters is 1. The zero-order valence-corrected chi connectivity index (χ0v) is 16.7. The Morgan fingerprint density at radius 3 is 2.89 bits per heavy atom. The van der Waals surface area contributed by atoms with Gasteiger partial charge < -0.3 is 10.1 Å². The number of thioether (sulfide) groups is 1. The number of amides is 1. The highest BCUT2D eigenvalue weighted by atomic mass is 32.2. The van der Waals surface area contributed by atoms with Crippen molar-refractivity contribution in [1.29, 1.82) is 0 Å². The monoisotopic (exact) mass is 401 g/mol. The molecule has 0 aliphatic carbocycles. The van der Waals surface area contributed by atoms with Crippen LogP contribution < -0.4 is 5.32 Å². The molecule has 0 atom stereocenters. The van der Waals surface area contributed by atoms with Gasteiger partial charge in [0.15, 0.2) is 5.13 Å². The van der Waals surface area contributed by atoms with Crippen LogP contribution in [0.25, 0.3) is 10.9 Å². The Bertz CT molecular complexity index is 972. The van der Waals surface area contributed by atoms with Crippen LogP contribution in [0.2, 0.25) is 0 Å². The maximum absolute atomic E-state index is 12.2. The number of aryl methyl sites for hydroxylation is 1. The Hall–Kier alpha value is -2.45. The first kappa shape index (κ1) is 19.3. The molecule has 3 rings (SSSR count). The largest absolute Gasteiger partial charge is 0.466 e. The SMILES string of the molecule is CCOC(=O)Cc1csc(NC(=O)CSc2cc(C)c3ccccc3n2)n1. The molecule has 1 amide bonds. The van der Waals surface area contributed by atoms with Crippen molar-refractivity contribution in [2.24, 2.45) is 0 Å². The average Bonchev–Trinajstić information content (AvgIpc) is 3.07. The van der Waals surface area contributed by atoms with E-state index in [2.05, 4.69) is 15.3 Å². The topological polar surface area (TPSA) is 81.2 Å². The maximum atomic E-state index is 12.2. The molecule has 3 aromatic rings. The van der Waals surface area contributed by atoms with E-state index in [0.29, 0.717) is 17.4 Å². The predicted octanol–water partition coefficient (Wildman–Crippen LogP) is 3.84. The van der Waals surface area contributed by atoms with Crippen LogP contribution in [0.4, 0.5) is 5.13 Å². The fraction of sp³-hybridized carbons (Fsp3) is 0.263. The molecule has 0 radical (unpaired) electrons. The molecule has 2 heterocycles. The van der Waals surface area contributed by atoms with E-state index in [1.165, 1.54) is 23.1 Å². The number of fused-ring (bicyclic) bond motifs is 1. The number of hydrogen-bond donors (Lipinski definition) is 1. The van der Waals surface area contributed by atoms with Crippen molar-refractivity contribution in [2.45, 2.75) is 25.3 Å². The van der Waals surface area contributed by atoms with E-state index in [-0.39, 0.29) is 24.1 Å². The Balaban J connectivity index is 1.56. The number of thiazole rings is 1. The van der Waals surface area contributed by atoms with Gasteiger partial charge in [0.25, 0.3) is 0 Å². The van der Waals surface area contributed by atoms with Gasteiger partial charge in [-0.2, -0.15) is 0 Å². The molecule has 0 aliphatic heterocycles. The lowest BCUT2D eigenvalue weighted by molar-refractivity contribution is -0.142. The lowest BCUT2D eigenvalue weighted by Gasteiger charge is -2.06. The van der Waals surface area contributed by atoms with Gasteiger partial charge in [-0.1, -0.05) is 30.0 Å².